The highest BCUT2D eigenvalue weighted by molar-refractivity contribution is 9.10. The van der Waals surface area contributed by atoms with Gasteiger partial charge in [-0.2, -0.15) is 0 Å². The molecule has 0 bridgehead atoms. The van der Waals surface area contributed by atoms with E-state index in [0.717, 1.165) is 10.2 Å². The standard InChI is InChI=1S/C14H13BrFNO/c15-11-6-7-14(13(16)10-11)17-8-9-18-12-4-2-1-3-5-12/h1-7,10,17H,8-9H2. The number of anilines is 1. The topological polar surface area (TPSA) is 21.3 Å². The average molecular weight is 310 g/mol. The highest BCUT2D eigenvalue weighted by Gasteiger charge is 2.01. The van der Waals surface area contributed by atoms with Crippen LogP contribution in [0.2, 0.25) is 0 Å². The van der Waals surface area contributed by atoms with Crippen LogP contribution in [-0.4, -0.2) is 13.2 Å². The van der Waals surface area contributed by atoms with Crippen molar-refractivity contribution >= 4 is 21.6 Å². The molecule has 0 fully saturated rings. The summed E-state index contributed by atoms with van der Waals surface area (Å²) >= 11 is 3.22. The van der Waals surface area contributed by atoms with Gasteiger partial charge in [0.05, 0.1) is 5.69 Å². The van der Waals surface area contributed by atoms with Gasteiger partial charge in [-0.3, -0.25) is 0 Å². The molecule has 18 heavy (non-hydrogen) atoms. The summed E-state index contributed by atoms with van der Waals surface area (Å²) < 4.78 is 19.7. The third-order valence-electron chi connectivity index (χ3n) is 2.36. The van der Waals surface area contributed by atoms with Gasteiger partial charge < -0.3 is 10.1 Å². The van der Waals surface area contributed by atoms with Crippen molar-refractivity contribution in [3.05, 3.63) is 58.8 Å². The third kappa shape index (κ3) is 3.74. The Kier molecular flexibility index (Phi) is 4.59. The molecule has 0 aromatic heterocycles. The Balaban J connectivity index is 1.79. The van der Waals surface area contributed by atoms with Crippen molar-refractivity contribution in [1.82, 2.24) is 0 Å². The summed E-state index contributed by atoms with van der Waals surface area (Å²) in [6.07, 6.45) is 0. The Bertz CT molecular complexity index is 504. The largest absolute Gasteiger partial charge is 0.492 e. The van der Waals surface area contributed by atoms with Crippen LogP contribution in [0.1, 0.15) is 0 Å². The maximum Gasteiger partial charge on any atom is 0.147 e. The van der Waals surface area contributed by atoms with E-state index < -0.39 is 0 Å². The zero-order valence-corrected chi connectivity index (χ0v) is 11.3. The molecule has 0 heterocycles. The van der Waals surface area contributed by atoms with Crippen molar-refractivity contribution in [2.24, 2.45) is 0 Å². The summed E-state index contributed by atoms with van der Waals surface area (Å²) in [4.78, 5) is 0. The number of rotatable bonds is 5. The molecule has 0 saturated carbocycles. The van der Waals surface area contributed by atoms with Crippen LogP contribution in [-0.2, 0) is 0 Å². The molecule has 2 rings (SSSR count). The molecule has 2 aromatic rings. The van der Waals surface area contributed by atoms with E-state index in [9.17, 15) is 4.39 Å². The van der Waals surface area contributed by atoms with Gasteiger partial charge in [-0.05, 0) is 30.3 Å². The number of hydrogen-bond acceptors (Lipinski definition) is 2. The lowest BCUT2D eigenvalue weighted by atomic mass is 10.3. The van der Waals surface area contributed by atoms with Crippen molar-refractivity contribution in [1.29, 1.82) is 0 Å². The van der Waals surface area contributed by atoms with E-state index in [4.69, 9.17) is 4.74 Å². The molecular weight excluding hydrogens is 297 g/mol. The van der Waals surface area contributed by atoms with E-state index in [0.29, 0.717) is 18.8 Å². The average Bonchev–Trinajstić information content (AvgIpc) is 2.38. The van der Waals surface area contributed by atoms with Crippen molar-refractivity contribution in [3.63, 3.8) is 0 Å². The Morgan fingerprint density at radius 3 is 2.61 bits per heavy atom. The SMILES string of the molecule is Fc1cc(Br)ccc1NCCOc1ccccc1. The molecule has 0 aliphatic carbocycles. The smallest absolute Gasteiger partial charge is 0.147 e. The molecule has 0 aliphatic heterocycles. The first-order valence-electron chi connectivity index (χ1n) is 5.62. The first-order chi connectivity index (χ1) is 8.75. The van der Waals surface area contributed by atoms with Crippen LogP contribution in [0.5, 0.6) is 5.75 Å². The van der Waals surface area contributed by atoms with Gasteiger partial charge in [0.15, 0.2) is 0 Å². The van der Waals surface area contributed by atoms with Crippen molar-refractivity contribution < 1.29 is 9.13 Å². The maximum atomic E-state index is 13.5. The van der Waals surface area contributed by atoms with Gasteiger partial charge in [-0.15, -0.1) is 0 Å². The fourth-order valence-electron chi connectivity index (χ4n) is 1.50. The molecule has 0 radical (unpaired) electrons. The van der Waals surface area contributed by atoms with E-state index >= 15 is 0 Å². The number of hydrogen-bond donors (Lipinski definition) is 1. The second-order valence-corrected chi connectivity index (χ2v) is 4.63. The lowest BCUT2D eigenvalue weighted by molar-refractivity contribution is 0.332. The molecule has 0 unspecified atom stereocenters. The van der Waals surface area contributed by atoms with Crippen molar-refractivity contribution in [2.75, 3.05) is 18.5 Å². The van der Waals surface area contributed by atoms with Crippen LogP contribution in [0.4, 0.5) is 10.1 Å². The lowest BCUT2D eigenvalue weighted by Crippen LogP contribution is -2.12. The summed E-state index contributed by atoms with van der Waals surface area (Å²) in [5.41, 5.74) is 0.481. The summed E-state index contributed by atoms with van der Waals surface area (Å²) in [6.45, 7) is 1.03. The summed E-state index contributed by atoms with van der Waals surface area (Å²) in [6, 6.07) is 14.5. The number of benzene rings is 2. The Labute approximate surface area is 114 Å². The van der Waals surface area contributed by atoms with Crippen LogP contribution in [0.3, 0.4) is 0 Å². The Morgan fingerprint density at radius 1 is 1.11 bits per heavy atom. The van der Waals surface area contributed by atoms with Crippen LogP contribution < -0.4 is 10.1 Å². The molecule has 0 atom stereocenters. The number of nitrogens with one attached hydrogen (secondary N) is 1. The van der Waals surface area contributed by atoms with Crippen LogP contribution in [0.15, 0.2) is 53.0 Å². The van der Waals surface area contributed by atoms with E-state index in [-0.39, 0.29) is 5.82 Å². The van der Waals surface area contributed by atoms with Gasteiger partial charge in [-0.1, -0.05) is 34.1 Å². The lowest BCUT2D eigenvalue weighted by Gasteiger charge is -2.09. The molecule has 2 nitrogen and oxygen atoms in total. The highest BCUT2D eigenvalue weighted by Crippen LogP contribution is 2.19. The minimum Gasteiger partial charge on any atom is -0.492 e. The van der Waals surface area contributed by atoms with Gasteiger partial charge in [0.1, 0.15) is 18.2 Å². The second-order valence-electron chi connectivity index (χ2n) is 3.71. The summed E-state index contributed by atoms with van der Waals surface area (Å²) in [7, 11) is 0. The number of halogens is 2. The molecule has 2 aromatic carbocycles. The summed E-state index contributed by atoms with van der Waals surface area (Å²) in [5.74, 6) is 0.541. The molecule has 1 N–H and O–H groups in total. The molecule has 4 heteroatoms. The van der Waals surface area contributed by atoms with Crippen LogP contribution >= 0.6 is 15.9 Å². The first kappa shape index (κ1) is 12.9. The number of para-hydroxylation sites is 1. The van der Waals surface area contributed by atoms with E-state index in [2.05, 4.69) is 21.2 Å². The Hall–Kier alpha value is -1.55. The molecule has 0 saturated heterocycles. The molecule has 94 valence electrons. The quantitative estimate of drug-likeness (QED) is 0.840. The second kappa shape index (κ2) is 6.40. The minimum absolute atomic E-state index is 0.274. The van der Waals surface area contributed by atoms with Gasteiger partial charge in [0, 0.05) is 11.0 Å². The fourth-order valence-corrected chi connectivity index (χ4v) is 1.84. The minimum atomic E-state index is -0.274. The summed E-state index contributed by atoms with van der Waals surface area (Å²) in [5, 5.41) is 2.99. The van der Waals surface area contributed by atoms with E-state index in [1.54, 1.807) is 12.1 Å². The zero-order valence-electron chi connectivity index (χ0n) is 9.70. The predicted octanol–water partition coefficient (Wildman–Crippen LogP) is 4.08. The molecule has 0 aliphatic rings. The number of ether oxygens (including phenoxy) is 1. The van der Waals surface area contributed by atoms with Crippen molar-refractivity contribution in [2.45, 2.75) is 0 Å². The van der Waals surface area contributed by atoms with Gasteiger partial charge in [-0.25, -0.2) is 4.39 Å². The highest BCUT2D eigenvalue weighted by atomic mass is 79.9. The van der Waals surface area contributed by atoms with Crippen LogP contribution in [0, 0.1) is 5.82 Å². The third-order valence-corrected chi connectivity index (χ3v) is 2.85. The maximum absolute atomic E-state index is 13.5. The monoisotopic (exact) mass is 309 g/mol. The normalized spacial score (nSPS) is 10.1. The van der Waals surface area contributed by atoms with Gasteiger partial charge in [0.2, 0.25) is 0 Å². The first-order valence-corrected chi connectivity index (χ1v) is 6.42. The molecular formula is C14H13BrFNO. The van der Waals surface area contributed by atoms with E-state index in [1.807, 2.05) is 30.3 Å². The Morgan fingerprint density at radius 2 is 1.89 bits per heavy atom. The fraction of sp³-hybridized carbons (Fsp3) is 0.143. The van der Waals surface area contributed by atoms with Crippen LogP contribution in [0.25, 0.3) is 0 Å². The van der Waals surface area contributed by atoms with Gasteiger partial charge >= 0.3 is 0 Å². The zero-order chi connectivity index (χ0) is 12.8. The van der Waals surface area contributed by atoms with Crippen molar-refractivity contribution in [3.8, 4) is 5.75 Å². The van der Waals surface area contributed by atoms with Gasteiger partial charge in [0.25, 0.3) is 0 Å². The predicted molar refractivity (Wildman–Crippen MR) is 74.5 cm³/mol. The molecule has 0 amide bonds. The molecule has 0 spiro atoms. The van der Waals surface area contributed by atoms with E-state index in [1.165, 1.54) is 6.07 Å².